The van der Waals surface area contributed by atoms with Crippen LogP contribution in [0.4, 0.5) is 11.6 Å². The van der Waals surface area contributed by atoms with Crippen LogP contribution >= 0.6 is 27.7 Å². The smallest absolute Gasteiger partial charge is 0.240 e. The highest BCUT2D eigenvalue weighted by Gasteiger charge is 2.09. The molecule has 2 aromatic carbocycles. The molecular weight excluding hydrogens is 472 g/mol. The zero-order valence-corrected chi connectivity index (χ0v) is 18.5. The highest BCUT2D eigenvalue weighted by atomic mass is 79.9. The van der Waals surface area contributed by atoms with Gasteiger partial charge in [0.25, 0.3) is 0 Å². The van der Waals surface area contributed by atoms with Crippen molar-refractivity contribution in [2.75, 3.05) is 23.6 Å². The number of nitrogens with one attached hydrogen (secondary N) is 3. The zero-order chi connectivity index (χ0) is 21.5. The van der Waals surface area contributed by atoms with Crippen LogP contribution in [0.15, 0.2) is 51.1 Å². The number of phenolic OH excluding ortho intramolecular Hbond substituents is 1. The molecule has 3 rings (SSSR count). The number of H-pyrrole nitrogens is 1. The lowest BCUT2D eigenvalue weighted by Gasteiger charge is -2.07. The largest absolute Gasteiger partial charge is 0.507 e. The first-order valence-electron chi connectivity index (χ1n) is 8.72. The maximum absolute atomic E-state index is 12.2. The second-order valence-corrected chi connectivity index (χ2v) is 7.88. The van der Waals surface area contributed by atoms with Crippen molar-refractivity contribution in [1.82, 2.24) is 15.2 Å². The first-order valence-corrected chi connectivity index (χ1v) is 10.5. The molecule has 0 bridgehead atoms. The number of hydrazone groups is 1. The Morgan fingerprint density at radius 2 is 2.20 bits per heavy atom. The number of thioether (sulfide) groups is 1. The lowest BCUT2D eigenvalue weighted by atomic mass is 10.2. The third kappa shape index (κ3) is 5.97. The average Bonchev–Trinajstić information content (AvgIpc) is 3.18. The van der Waals surface area contributed by atoms with E-state index < -0.39 is 0 Å². The Kier molecular flexibility index (Phi) is 7.31. The number of halogens is 1. The third-order valence-electron chi connectivity index (χ3n) is 3.80. The lowest BCUT2D eigenvalue weighted by molar-refractivity contribution is -0.113. The molecule has 30 heavy (non-hydrogen) atoms. The zero-order valence-electron chi connectivity index (χ0n) is 16.1. The van der Waals surface area contributed by atoms with E-state index in [4.69, 9.17) is 4.74 Å². The fourth-order valence-corrected chi connectivity index (χ4v) is 3.52. The van der Waals surface area contributed by atoms with Crippen molar-refractivity contribution < 1.29 is 14.6 Å². The van der Waals surface area contributed by atoms with Gasteiger partial charge in [0.1, 0.15) is 11.5 Å². The van der Waals surface area contributed by atoms with Crippen LogP contribution in [0.1, 0.15) is 11.1 Å². The molecule has 0 spiro atoms. The predicted octanol–water partition coefficient (Wildman–Crippen LogP) is 3.77. The second-order valence-electron chi connectivity index (χ2n) is 6.08. The molecule has 0 fully saturated rings. The molecule has 0 aliphatic carbocycles. The standard InChI is InChI=1S/C19H19BrN6O3S/c1-11-3-5-15(14(20)7-11)22-17(28)10-30-19-23-18(25-26-19)24-21-9-12-8-13(29-2)4-6-16(12)27/h3-9,27H,10H2,1-2H3,(H,22,28)(H2,23,24,25,26)/b21-9-. The van der Waals surface area contributed by atoms with E-state index in [0.717, 1.165) is 10.0 Å². The van der Waals surface area contributed by atoms with E-state index in [-0.39, 0.29) is 17.4 Å². The van der Waals surface area contributed by atoms with Crippen LogP contribution in [0, 0.1) is 6.92 Å². The van der Waals surface area contributed by atoms with Gasteiger partial charge >= 0.3 is 0 Å². The van der Waals surface area contributed by atoms with Gasteiger partial charge in [0, 0.05) is 10.0 Å². The summed E-state index contributed by atoms with van der Waals surface area (Å²) in [5.41, 5.74) is 4.97. The van der Waals surface area contributed by atoms with Crippen molar-refractivity contribution in [1.29, 1.82) is 0 Å². The number of amides is 1. The van der Waals surface area contributed by atoms with Gasteiger partial charge in [-0.3, -0.25) is 4.79 Å². The first kappa shape index (κ1) is 21.7. The van der Waals surface area contributed by atoms with E-state index in [2.05, 4.69) is 47.0 Å². The Balaban J connectivity index is 1.51. The molecule has 0 saturated heterocycles. The number of ether oxygens (including phenoxy) is 1. The van der Waals surface area contributed by atoms with Crippen molar-refractivity contribution in [2.24, 2.45) is 5.10 Å². The molecule has 156 valence electrons. The van der Waals surface area contributed by atoms with Crippen LogP contribution in [0.2, 0.25) is 0 Å². The van der Waals surface area contributed by atoms with Crippen LogP contribution < -0.4 is 15.5 Å². The summed E-state index contributed by atoms with van der Waals surface area (Å²) in [5, 5.41) is 23.8. The molecule has 0 unspecified atom stereocenters. The van der Waals surface area contributed by atoms with E-state index >= 15 is 0 Å². The minimum absolute atomic E-state index is 0.0707. The van der Waals surface area contributed by atoms with E-state index in [1.807, 2.05) is 25.1 Å². The monoisotopic (exact) mass is 490 g/mol. The Bertz CT molecular complexity index is 1070. The third-order valence-corrected chi connectivity index (χ3v) is 5.31. The Morgan fingerprint density at radius 1 is 1.37 bits per heavy atom. The molecular formula is C19H19BrN6O3S. The SMILES string of the molecule is COc1ccc(O)c(/C=N\Nc2nc(SCC(=O)Nc3ccc(C)cc3Br)n[nH]2)c1. The van der Waals surface area contributed by atoms with Gasteiger partial charge in [-0.25, -0.2) is 10.5 Å². The van der Waals surface area contributed by atoms with Gasteiger partial charge in [-0.05, 0) is 58.7 Å². The maximum Gasteiger partial charge on any atom is 0.240 e. The fourth-order valence-electron chi connectivity index (χ4n) is 2.32. The van der Waals surface area contributed by atoms with E-state index in [0.29, 0.717) is 28.1 Å². The fraction of sp³-hybridized carbons (Fsp3) is 0.158. The summed E-state index contributed by atoms with van der Waals surface area (Å²) >= 11 is 4.62. The van der Waals surface area contributed by atoms with Gasteiger partial charge in [-0.2, -0.15) is 10.1 Å². The number of aromatic hydroxyl groups is 1. The number of rotatable bonds is 8. The number of aromatic nitrogens is 3. The molecule has 0 radical (unpaired) electrons. The Hall–Kier alpha value is -3.05. The molecule has 4 N–H and O–H groups in total. The van der Waals surface area contributed by atoms with Gasteiger partial charge < -0.3 is 15.2 Å². The number of hydrogen-bond acceptors (Lipinski definition) is 8. The van der Waals surface area contributed by atoms with Crippen LogP contribution in [-0.4, -0.2) is 45.3 Å². The molecule has 3 aromatic rings. The molecule has 1 heterocycles. The Morgan fingerprint density at radius 3 is 2.97 bits per heavy atom. The number of aryl methyl sites for hydroxylation is 1. The summed E-state index contributed by atoms with van der Waals surface area (Å²) in [5.74, 6) is 0.955. The van der Waals surface area contributed by atoms with E-state index in [1.165, 1.54) is 24.0 Å². The summed E-state index contributed by atoms with van der Waals surface area (Å²) in [6.07, 6.45) is 1.43. The van der Waals surface area contributed by atoms with Crippen LogP contribution in [-0.2, 0) is 4.79 Å². The molecule has 0 aliphatic heterocycles. The number of carbonyl (C=O) groups excluding carboxylic acids is 1. The average molecular weight is 491 g/mol. The summed E-state index contributed by atoms with van der Waals surface area (Å²) in [7, 11) is 1.54. The van der Waals surface area contributed by atoms with Gasteiger partial charge in [0.05, 0.1) is 24.8 Å². The number of anilines is 2. The lowest BCUT2D eigenvalue weighted by Crippen LogP contribution is -2.14. The normalized spacial score (nSPS) is 10.9. The summed E-state index contributed by atoms with van der Waals surface area (Å²) in [4.78, 5) is 16.4. The molecule has 1 amide bonds. The molecule has 9 nitrogen and oxygen atoms in total. The van der Waals surface area contributed by atoms with Gasteiger partial charge in [-0.15, -0.1) is 5.10 Å². The van der Waals surface area contributed by atoms with E-state index in [9.17, 15) is 9.90 Å². The molecule has 0 atom stereocenters. The maximum atomic E-state index is 12.2. The second kappa shape index (κ2) is 10.1. The van der Waals surface area contributed by atoms with Gasteiger partial charge in [0.2, 0.25) is 17.0 Å². The van der Waals surface area contributed by atoms with Crippen LogP contribution in [0.5, 0.6) is 11.5 Å². The summed E-state index contributed by atoms with van der Waals surface area (Å²) in [6, 6.07) is 10.5. The Labute approximate surface area is 185 Å². The molecule has 11 heteroatoms. The highest BCUT2D eigenvalue weighted by molar-refractivity contribution is 9.10. The van der Waals surface area contributed by atoms with Crippen molar-refractivity contribution in [2.45, 2.75) is 12.1 Å². The molecule has 0 aliphatic rings. The minimum Gasteiger partial charge on any atom is -0.507 e. The first-order chi connectivity index (χ1) is 14.4. The van der Waals surface area contributed by atoms with E-state index in [1.54, 1.807) is 19.2 Å². The molecule has 1 aromatic heterocycles. The van der Waals surface area contributed by atoms with Crippen molar-refractivity contribution in [3.63, 3.8) is 0 Å². The van der Waals surface area contributed by atoms with Crippen LogP contribution in [0.3, 0.4) is 0 Å². The number of hydrogen-bond donors (Lipinski definition) is 4. The number of carbonyl (C=O) groups is 1. The summed E-state index contributed by atoms with van der Waals surface area (Å²) < 4.78 is 5.94. The van der Waals surface area contributed by atoms with Crippen molar-refractivity contribution >= 4 is 51.4 Å². The summed E-state index contributed by atoms with van der Waals surface area (Å²) in [6.45, 7) is 1.98. The predicted molar refractivity (Wildman–Crippen MR) is 120 cm³/mol. The quantitative estimate of drug-likeness (QED) is 0.215. The van der Waals surface area contributed by atoms with Gasteiger partial charge in [0.15, 0.2) is 0 Å². The topological polar surface area (TPSA) is 125 Å². The number of nitrogens with zero attached hydrogens (tertiary/aromatic N) is 3. The number of aromatic amines is 1. The highest BCUT2D eigenvalue weighted by Crippen LogP contribution is 2.24. The van der Waals surface area contributed by atoms with Crippen molar-refractivity contribution in [3.8, 4) is 11.5 Å². The van der Waals surface area contributed by atoms with Gasteiger partial charge in [-0.1, -0.05) is 17.8 Å². The minimum atomic E-state index is -0.171. The number of methoxy groups -OCH3 is 1. The van der Waals surface area contributed by atoms with Crippen molar-refractivity contribution in [3.05, 3.63) is 52.0 Å². The molecule has 0 saturated carbocycles. The van der Waals surface area contributed by atoms with Crippen LogP contribution in [0.25, 0.3) is 0 Å². The number of phenols is 1. The number of benzene rings is 2.